The summed E-state index contributed by atoms with van der Waals surface area (Å²) in [4.78, 5) is 17.1. The van der Waals surface area contributed by atoms with Gasteiger partial charge < -0.3 is 9.79 Å². The standard InChI is InChI=1S/C7H9BrIO4P/c8-7(5-13-14(10,11)12)3-1-6(9)2-4-7/h1-3H,4-5H2,(H2,10,11,12). The van der Waals surface area contributed by atoms with Crippen LogP contribution in [0.25, 0.3) is 0 Å². The highest BCUT2D eigenvalue weighted by Crippen LogP contribution is 2.40. The predicted octanol–water partition coefficient (Wildman–Crippen LogP) is 2.51. The van der Waals surface area contributed by atoms with Crippen molar-refractivity contribution in [3.05, 3.63) is 21.8 Å². The number of halogens is 2. The lowest BCUT2D eigenvalue weighted by Crippen LogP contribution is -2.25. The summed E-state index contributed by atoms with van der Waals surface area (Å²) in [5.41, 5.74) is 0. The van der Waals surface area contributed by atoms with Gasteiger partial charge in [0.1, 0.15) is 0 Å². The summed E-state index contributed by atoms with van der Waals surface area (Å²) in [5.74, 6) is 0. The van der Waals surface area contributed by atoms with Crippen LogP contribution in [0.3, 0.4) is 0 Å². The molecule has 0 aromatic heterocycles. The van der Waals surface area contributed by atoms with Gasteiger partial charge in [0.25, 0.3) is 0 Å². The second kappa shape index (κ2) is 4.76. The van der Waals surface area contributed by atoms with Gasteiger partial charge in [-0.1, -0.05) is 34.2 Å². The Morgan fingerprint density at radius 2 is 2.36 bits per heavy atom. The maximum Gasteiger partial charge on any atom is 0.469 e. The predicted molar refractivity (Wildman–Crippen MR) is 65.5 cm³/mol. The number of alkyl halides is 1. The van der Waals surface area contributed by atoms with E-state index in [0.29, 0.717) is 6.42 Å². The maximum atomic E-state index is 10.5. The molecule has 0 aromatic carbocycles. The highest BCUT2D eigenvalue weighted by Gasteiger charge is 2.28. The van der Waals surface area contributed by atoms with E-state index in [9.17, 15) is 4.57 Å². The molecular weight excluding hydrogens is 386 g/mol. The average Bonchev–Trinajstić information content (AvgIpc) is 2.07. The minimum atomic E-state index is -4.38. The molecule has 0 radical (unpaired) electrons. The first kappa shape index (κ1) is 12.9. The Hall–Kier alpha value is 0.800. The summed E-state index contributed by atoms with van der Waals surface area (Å²) in [7, 11) is -4.38. The normalized spacial score (nSPS) is 27.6. The van der Waals surface area contributed by atoms with Crippen molar-refractivity contribution < 1.29 is 18.9 Å². The van der Waals surface area contributed by atoms with E-state index in [4.69, 9.17) is 9.79 Å². The first-order valence-corrected chi connectivity index (χ1v) is 7.15. The second-order valence-electron chi connectivity index (χ2n) is 2.93. The van der Waals surface area contributed by atoms with Crippen molar-refractivity contribution in [3.8, 4) is 0 Å². The molecule has 1 aliphatic rings. The smallest absolute Gasteiger partial charge is 0.303 e. The van der Waals surface area contributed by atoms with E-state index in [1.54, 1.807) is 0 Å². The number of phosphoric acid groups is 1. The molecule has 0 amide bonds. The van der Waals surface area contributed by atoms with Gasteiger partial charge >= 0.3 is 7.82 Å². The van der Waals surface area contributed by atoms with Gasteiger partial charge in [-0.3, -0.25) is 4.52 Å². The molecule has 0 spiro atoms. The van der Waals surface area contributed by atoms with Crippen molar-refractivity contribution in [2.24, 2.45) is 0 Å². The lowest BCUT2D eigenvalue weighted by Gasteiger charge is -2.24. The molecule has 1 unspecified atom stereocenters. The molecule has 1 rings (SSSR count). The lowest BCUT2D eigenvalue weighted by atomic mass is 10.0. The minimum Gasteiger partial charge on any atom is -0.303 e. The van der Waals surface area contributed by atoms with E-state index in [2.05, 4.69) is 43.0 Å². The van der Waals surface area contributed by atoms with Crippen LogP contribution in [0.2, 0.25) is 0 Å². The summed E-state index contributed by atoms with van der Waals surface area (Å²) >= 11 is 5.55. The summed E-state index contributed by atoms with van der Waals surface area (Å²) < 4.78 is 15.5. The Morgan fingerprint density at radius 1 is 1.71 bits per heavy atom. The fraction of sp³-hybridized carbons (Fsp3) is 0.429. The summed E-state index contributed by atoms with van der Waals surface area (Å²) in [5, 5.41) is 0. The monoisotopic (exact) mass is 394 g/mol. The Kier molecular flexibility index (Phi) is 4.37. The van der Waals surface area contributed by atoms with Gasteiger partial charge in [0, 0.05) is 3.58 Å². The SMILES string of the molecule is O=P(O)(O)OCC1(Br)C=CC(I)=CC1. The first-order valence-electron chi connectivity index (χ1n) is 3.75. The van der Waals surface area contributed by atoms with Crippen LogP contribution in [-0.4, -0.2) is 20.7 Å². The Labute approximate surface area is 104 Å². The van der Waals surface area contributed by atoms with E-state index >= 15 is 0 Å². The molecule has 0 saturated heterocycles. The van der Waals surface area contributed by atoms with Crippen LogP contribution in [0.1, 0.15) is 6.42 Å². The van der Waals surface area contributed by atoms with Gasteiger partial charge in [0.2, 0.25) is 0 Å². The molecule has 2 N–H and O–H groups in total. The molecule has 0 aromatic rings. The van der Waals surface area contributed by atoms with Crippen molar-refractivity contribution in [1.82, 2.24) is 0 Å². The lowest BCUT2D eigenvalue weighted by molar-refractivity contribution is 0.188. The number of rotatable bonds is 3. The number of hydrogen-bond donors (Lipinski definition) is 2. The summed E-state index contributed by atoms with van der Waals surface area (Å²) in [6.45, 7) is -0.0474. The zero-order chi connectivity index (χ0) is 10.8. The third kappa shape index (κ3) is 4.55. The van der Waals surface area contributed by atoms with Gasteiger partial charge in [-0.25, -0.2) is 4.57 Å². The van der Waals surface area contributed by atoms with Gasteiger partial charge in [-0.2, -0.15) is 0 Å². The van der Waals surface area contributed by atoms with Crippen molar-refractivity contribution in [2.45, 2.75) is 10.7 Å². The molecule has 4 nitrogen and oxygen atoms in total. The molecular formula is C7H9BrIO4P. The molecule has 0 fully saturated rings. The molecule has 14 heavy (non-hydrogen) atoms. The van der Waals surface area contributed by atoms with Crippen LogP contribution in [0.15, 0.2) is 21.8 Å². The van der Waals surface area contributed by atoms with Crippen LogP contribution in [-0.2, 0) is 9.09 Å². The fourth-order valence-electron chi connectivity index (χ4n) is 0.931. The van der Waals surface area contributed by atoms with Crippen molar-refractivity contribution >= 4 is 46.3 Å². The molecule has 80 valence electrons. The molecule has 0 aliphatic heterocycles. The van der Waals surface area contributed by atoms with E-state index in [1.807, 2.05) is 18.2 Å². The Bertz CT molecular complexity index is 324. The largest absolute Gasteiger partial charge is 0.469 e. The molecule has 1 aliphatic carbocycles. The Balaban J connectivity index is 2.54. The number of allylic oxidation sites excluding steroid dienone is 3. The number of phosphoric ester groups is 1. The van der Waals surface area contributed by atoms with Crippen LogP contribution in [0.5, 0.6) is 0 Å². The van der Waals surface area contributed by atoms with Gasteiger partial charge in [0.15, 0.2) is 0 Å². The summed E-state index contributed by atoms with van der Waals surface area (Å²) in [6, 6.07) is 0. The third-order valence-electron chi connectivity index (χ3n) is 1.65. The van der Waals surface area contributed by atoms with Crippen LogP contribution in [0, 0.1) is 0 Å². The zero-order valence-electron chi connectivity index (χ0n) is 7.06. The third-order valence-corrected chi connectivity index (χ3v) is 3.73. The van der Waals surface area contributed by atoms with E-state index in [0.717, 1.165) is 3.58 Å². The first-order chi connectivity index (χ1) is 6.31. The van der Waals surface area contributed by atoms with E-state index < -0.39 is 12.1 Å². The summed E-state index contributed by atoms with van der Waals surface area (Å²) in [6.07, 6.45) is 6.34. The van der Waals surface area contributed by atoms with Crippen molar-refractivity contribution in [2.75, 3.05) is 6.61 Å². The fourth-order valence-corrected chi connectivity index (χ4v) is 2.31. The molecule has 0 saturated carbocycles. The van der Waals surface area contributed by atoms with E-state index in [1.165, 1.54) is 0 Å². The molecule has 0 heterocycles. The van der Waals surface area contributed by atoms with E-state index in [-0.39, 0.29) is 6.61 Å². The van der Waals surface area contributed by atoms with Crippen LogP contribution < -0.4 is 0 Å². The number of hydrogen-bond acceptors (Lipinski definition) is 2. The van der Waals surface area contributed by atoms with Gasteiger partial charge in [-0.05, 0) is 29.0 Å². The topological polar surface area (TPSA) is 66.8 Å². The molecule has 0 bridgehead atoms. The van der Waals surface area contributed by atoms with Gasteiger partial charge in [-0.15, -0.1) is 0 Å². The maximum absolute atomic E-state index is 10.5. The van der Waals surface area contributed by atoms with Crippen LogP contribution in [0.4, 0.5) is 0 Å². The average molecular weight is 395 g/mol. The zero-order valence-corrected chi connectivity index (χ0v) is 11.7. The highest BCUT2D eigenvalue weighted by atomic mass is 127. The van der Waals surface area contributed by atoms with Crippen molar-refractivity contribution in [1.29, 1.82) is 0 Å². The molecule has 7 heteroatoms. The quantitative estimate of drug-likeness (QED) is 0.438. The second-order valence-corrected chi connectivity index (χ2v) is 6.99. The highest BCUT2D eigenvalue weighted by molar-refractivity contribution is 14.1. The molecule has 1 atom stereocenters. The van der Waals surface area contributed by atoms with Crippen LogP contribution >= 0.6 is 46.3 Å². The van der Waals surface area contributed by atoms with Gasteiger partial charge in [0.05, 0.1) is 10.9 Å². The Morgan fingerprint density at radius 3 is 2.79 bits per heavy atom. The minimum absolute atomic E-state index is 0.0474. The van der Waals surface area contributed by atoms with Crippen molar-refractivity contribution in [3.63, 3.8) is 0 Å².